The molecule has 8 amide bonds. The van der Waals surface area contributed by atoms with Crippen LogP contribution in [-0.4, -0.2) is 170 Å². The minimum atomic E-state index is -1.04. The van der Waals surface area contributed by atoms with Gasteiger partial charge in [-0.3, -0.25) is 38.5 Å². The van der Waals surface area contributed by atoms with Gasteiger partial charge in [-0.05, 0) is 94.0 Å². The molecule has 21 heteroatoms. The highest BCUT2D eigenvalue weighted by atomic mass is 16.6. The number of amides is 8. The van der Waals surface area contributed by atoms with Crippen molar-refractivity contribution in [1.82, 2.24) is 41.3 Å². The monoisotopic (exact) mass is 1140 g/mol. The van der Waals surface area contributed by atoms with Crippen LogP contribution in [0.5, 0.6) is 0 Å². The second kappa shape index (κ2) is 33.1. The lowest BCUT2D eigenvalue weighted by Gasteiger charge is -2.41. The Hall–Kier alpha value is -6.16. The van der Waals surface area contributed by atoms with Crippen LogP contribution in [0.2, 0.25) is 0 Å². The molecule has 0 aromatic heterocycles. The third-order valence-corrected chi connectivity index (χ3v) is 15.5. The fourth-order valence-electron chi connectivity index (χ4n) is 10.5. The molecule has 1 aliphatic rings. The minimum absolute atomic E-state index is 0.0701. The van der Waals surface area contributed by atoms with Gasteiger partial charge in [0.1, 0.15) is 30.8 Å². The van der Waals surface area contributed by atoms with Crippen LogP contribution in [0.3, 0.4) is 0 Å². The predicted octanol–water partition coefficient (Wildman–Crippen LogP) is 5.16. The number of benzene rings is 2. The Morgan fingerprint density at radius 1 is 0.716 bits per heavy atom. The van der Waals surface area contributed by atoms with Crippen molar-refractivity contribution < 1.29 is 57.7 Å². The molecule has 81 heavy (non-hydrogen) atoms. The van der Waals surface area contributed by atoms with Gasteiger partial charge in [-0.15, -0.1) is 0 Å². The van der Waals surface area contributed by atoms with E-state index in [9.17, 15) is 43.5 Å². The summed E-state index contributed by atoms with van der Waals surface area (Å²) in [5.74, 6) is -4.16. The number of likely N-dealkylation sites (N-methyl/N-ethyl adjacent to an activating group) is 3. The number of carbonyl (C=O) groups excluding carboxylic acids is 8. The van der Waals surface area contributed by atoms with Crippen LogP contribution in [0.15, 0.2) is 54.6 Å². The molecular weight excluding hydrogens is 1040 g/mol. The number of methoxy groups -OCH3 is 2. The van der Waals surface area contributed by atoms with E-state index in [0.717, 1.165) is 0 Å². The summed E-state index contributed by atoms with van der Waals surface area (Å²) in [4.78, 5) is 114. The molecule has 0 saturated carbocycles. The largest absolute Gasteiger partial charge is 0.445 e. The lowest BCUT2D eigenvalue weighted by atomic mass is 9.89. The van der Waals surface area contributed by atoms with Crippen molar-refractivity contribution in [3.63, 3.8) is 0 Å². The van der Waals surface area contributed by atoms with Gasteiger partial charge in [-0.1, -0.05) is 111 Å². The number of aliphatic hydroxyl groups is 1. The molecule has 21 nitrogen and oxygen atoms in total. The number of anilines is 1. The first-order valence-electron chi connectivity index (χ1n) is 28.7. The van der Waals surface area contributed by atoms with Crippen molar-refractivity contribution in [3.05, 3.63) is 65.7 Å². The molecule has 2 aromatic carbocycles. The number of hydrogen-bond acceptors (Lipinski definition) is 13. The highest BCUT2D eigenvalue weighted by Crippen LogP contribution is 2.30. The van der Waals surface area contributed by atoms with Crippen LogP contribution in [0.1, 0.15) is 132 Å². The molecule has 13 atom stereocenters. The zero-order valence-corrected chi connectivity index (χ0v) is 51.2. The lowest BCUT2D eigenvalue weighted by molar-refractivity contribution is -0.148. The molecule has 0 unspecified atom stereocenters. The van der Waals surface area contributed by atoms with Crippen LogP contribution >= 0.6 is 0 Å². The Balaban J connectivity index is 1.66. The topological polar surface area (TPSA) is 266 Å². The van der Waals surface area contributed by atoms with Crippen molar-refractivity contribution in [2.24, 2.45) is 29.6 Å². The molecule has 454 valence electrons. The number of carbonyl (C=O) groups is 8. The highest BCUT2D eigenvalue weighted by Gasteiger charge is 2.44. The maximum atomic E-state index is 14.7. The van der Waals surface area contributed by atoms with Crippen LogP contribution in [-0.2, 0) is 54.4 Å². The van der Waals surface area contributed by atoms with Gasteiger partial charge in [0.25, 0.3) is 0 Å². The fourth-order valence-corrected chi connectivity index (χ4v) is 10.5. The molecule has 0 aliphatic carbocycles. The molecule has 1 aliphatic heterocycles. The predicted molar refractivity (Wildman–Crippen MR) is 311 cm³/mol. The number of likely N-dealkylation sites (tertiary alicyclic amines) is 1. The van der Waals surface area contributed by atoms with E-state index in [1.165, 1.54) is 33.1 Å². The Morgan fingerprint density at radius 2 is 1.32 bits per heavy atom. The molecule has 7 N–H and O–H groups in total. The number of nitrogens with zero attached hydrogens (tertiary/aromatic N) is 3. The SMILES string of the molecule is CC[C@H](C)[C@@H]([C@@H](CC(=O)N1CCC[C@H]1[C@H](OC)[C@@H](C)C(=O)N[C@H](C)[C@@H](O)c1ccccc1)OC)N(C)C(=O)[C@@H](NC(=O)[C@H](C(C)C)N(C)C(=O)OCc1ccc(NC(=O)[C@H](C)NC(=O)[C@H](C)NC(=O)[C@@H](CC(C)C)NC)cc1)C(C)C. The summed E-state index contributed by atoms with van der Waals surface area (Å²) in [6, 6.07) is 9.69. The number of ether oxygens (including phenoxy) is 3. The smallest absolute Gasteiger partial charge is 0.410 e. The Morgan fingerprint density at radius 3 is 1.86 bits per heavy atom. The number of hydrogen-bond donors (Lipinski definition) is 7. The third kappa shape index (κ3) is 19.8. The van der Waals surface area contributed by atoms with E-state index in [2.05, 4.69) is 31.9 Å². The minimum Gasteiger partial charge on any atom is -0.445 e. The molecule has 1 fully saturated rings. The van der Waals surface area contributed by atoms with Crippen molar-refractivity contribution in [3.8, 4) is 0 Å². The first kappa shape index (κ1) is 69.1. The van der Waals surface area contributed by atoms with Crippen LogP contribution in [0, 0.1) is 29.6 Å². The van der Waals surface area contributed by atoms with Gasteiger partial charge in [0, 0.05) is 40.5 Å². The summed E-state index contributed by atoms with van der Waals surface area (Å²) < 4.78 is 17.7. The van der Waals surface area contributed by atoms with E-state index in [0.29, 0.717) is 49.0 Å². The Kier molecular flexibility index (Phi) is 28.2. The third-order valence-electron chi connectivity index (χ3n) is 15.5. The average Bonchev–Trinajstić information content (AvgIpc) is 3.93. The lowest BCUT2D eigenvalue weighted by Crippen LogP contribution is -2.60. The zero-order chi connectivity index (χ0) is 61.0. The second-order valence-electron chi connectivity index (χ2n) is 22.9. The Bertz CT molecular complexity index is 2360. The molecule has 1 heterocycles. The molecule has 0 spiro atoms. The number of rotatable bonds is 31. The average molecular weight is 1140 g/mol. The molecular formula is C60H97N9O12. The van der Waals surface area contributed by atoms with Gasteiger partial charge in [-0.25, -0.2) is 4.79 Å². The van der Waals surface area contributed by atoms with Crippen LogP contribution in [0.4, 0.5) is 10.5 Å². The van der Waals surface area contributed by atoms with Gasteiger partial charge in [0.15, 0.2) is 0 Å². The summed E-state index contributed by atoms with van der Waals surface area (Å²) in [5.41, 5.74) is 1.69. The standard InChI is InChI=1S/C60H97N9O12/c1-18-37(8)51(47(79-16)32-48(70)69-30-22-25-46(69)53(80-17)38(9)54(72)62-39(10)52(71)43-23-20-19-21-24-43)67(14)59(77)49(35(4)5)66-58(76)50(36(6)7)68(15)60(78)81-33-42-26-28-44(29-27-42)65-56(74)41(12)63-55(73)40(11)64-57(75)45(61-13)31-34(2)3/h19-21,23-24,26-29,34-41,45-47,49-53,61,71H,18,22,25,30-33H2,1-17H3,(H,62,72)(H,63,73)(H,64,75)(H,65,74)(H,66,76)/t37-,38+,39+,40-,41-,45+,46-,47+,49-,50-,51-,52+,53+/m0/s1. The van der Waals surface area contributed by atoms with E-state index in [4.69, 9.17) is 14.2 Å². The van der Waals surface area contributed by atoms with Gasteiger partial charge in [-0.2, -0.15) is 0 Å². The van der Waals surface area contributed by atoms with Crippen molar-refractivity contribution in [1.29, 1.82) is 0 Å². The maximum absolute atomic E-state index is 14.7. The zero-order valence-electron chi connectivity index (χ0n) is 51.2. The van der Waals surface area contributed by atoms with Crippen molar-refractivity contribution in [2.75, 3.05) is 47.2 Å². The summed E-state index contributed by atoms with van der Waals surface area (Å²) in [6.45, 7) is 22.0. The second-order valence-corrected chi connectivity index (χ2v) is 22.9. The highest BCUT2D eigenvalue weighted by molar-refractivity contribution is 5.98. The van der Waals surface area contributed by atoms with Crippen molar-refractivity contribution >= 4 is 53.1 Å². The molecule has 0 radical (unpaired) electrons. The summed E-state index contributed by atoms with van der Waals surface area (Å²) in [5, 5.41) is 27.8. The van der Waals surface area contributed by atoms with E-state index in [1.807, 2.05) is 59.7 Å². The quantitative estimate of drug-likeness (QED) is 0.0515. The summed E-state index contributed by atoms with van der Waals surface area (Å²) in [7, 11) is 7.82. The maximum Gasteiger partial charge on any atom is 0.410 e. The molecule has 0 bridgehead atoms. The van der Waals surface area contributed by atoms with Crippen LogP contribution < -0.4 is 31.9 Å². The van der Waals surface area contributed by atoms with Gasteiger partial charge >= 0.3 is 6.09 Å². The summed E-state index contributed by atoms with van der Waals surface area (Å²) in [6.07, 6.45) is -0.638. The number of nitrogens with one attached hydrogen (secondary N) is 6. The number of aliphatic hydroxyl groups excluding tert-OH is 1. The fraction of sp³-hybridized carbons (Fsp3) is 0.667. The van der Waals surface area contributed by atoms with E-state index < -0.39 is 114 Å². The molecule has 3 rings (SSSR count). The normalized spacial score (nSPS) is 17.9. The summed E-state index contributed by atoms with van der Waals surface area (Å²) >= 11 is 0. The molecule has 1 saturated heterocycles. The van der Waals surface area contributed by atoms with Crippen LogP contribution in [0.25, 0.3) is 0 Å². The Labute approximate surface area is 481 Å². The first-order chi connectivity index (χ1) is 38.1. The molecule has 2 aromatic rings. The van der Waals surface area contributed by atoms with Gasteiger partial charge in [0.05, 0.1) is 54.8 Å². The van der Waals surface area contributed by atoms with Gasteiger partial charge in [0.2, 0.25) is 41.4 Å². The van der Waals surface area contributed by atoms with Gasteiger partial charge < -0.3 is 61.0 Å². The van der Waals surface area contributed by atoms with Crippen molar-refractivity contribution in [2.45, 2.75) is 188 Å². The van der Waals surface area contributed by atoms with E-state index >= 15 is 0 Å². The first-order valence-corrected chi connectivity index (χ1v) is 28.7. The van der Waals surface area contributed by atoms with E-state index in [-0.39, 0.29) is 42.6 Å². The van der Waals surface area contributed by atoms with E-state index in [1.54, 1.807) is 94.9 Å².